The molecule has 0 amide bonds. The maximum atomic E-state index is 11.5. The third kappa shape index (κ3) is 3.64. The van der Waals surface area contributed by atoms with Gasteiger partial charge in [0.05, 0.1) is 0 Å². The van der Waals surface area contributed by atoms with Gasteiger partial charge in [-0.25, -0.2) is 0 Å². The fourth-order valence-corrected chi connectivity index (χ4v) is 5.30. The molecule has 100 valence electrons. The van der Waals surface area contributed by atoms with Crippen molar-refractivity contribution in [2.24, 2.45) is 0 Å². The van der Waals surface area contributed by atoms with Gasteiger partial charge in [-0.2, -0.15) is 16.8 Å². The van der Waals surface area contributed by atoms with Gasteiger partial charge in [0.2, 0.25) is 5.08 Å². The van der Waals surface area contributed by atoms with Gasteiger partial charge in [-0.3, -0.25) is 8.37 Å². The highest BCUT2D eigenvalue weighted by Gasteiger charge is 2.39. The van der Waals surface area contributed by atoms with E-state index in [2.05, 4.69) is 0 Å². The van der Waals surface area contributed by atoms with Crippen LogP contribution in [0.25, 0.3) is 0 Å². The molecule has 0 bridgehead atoms. The molecule has 17 heavy (non-hydrogen) atoms. The van der Waals surface area contributed by atoms with E-state index in [0.29, 0.717) is 12.8 Å². The smallest absolute Gasteiger partial charge is 0.263 e. The zero-order chi connectivity index (χ0) is 12.5. The summed E-state index contributed by atoms with van der Waals surface area (Å²) in [4.78, 5) is 0. The Morgan fingerprint density at radius 3 is 1.53 bits per heavy atom. The summed E-state index contributed by atoms with van der Waals surface area (Å²) in [6.45, 7) is 0. The predicted octanol–water partition coefficient (Wildman–Crippen LogP) is 0.742. The van der Waals surface area contributed by atoms with Gasteiger partial charge in [0.1, 0.15) is 12.2 Å². The Morgan fingerprint density at radius 2 is 1.12 bits per heavy atom. The molecule has 2 atom stereocenters. The van der Waals surface area contributed by atoms with Gasteiger partial charge < -0.3 is 0 Å². The number of rotatable bonds is 0. The summed E-state index contributed by atoms with van der Waals surface area (Å²) in [6.07, 6.45) is 3.44. The van der Waals surface area contributed by atoms with Gasteiger partial charge in [-0.05, 0) is 12.8 Å². The Hall–Kier alpha value is -0.180. The second-order valence-corrected chi connectivity index (χ2v) is 8.05. The minimum absolute atomic E-state index is 0.527. The van der Waals surface area contributed by atoms with E-state index >= 15 is 0 Å². The Balaban J connectivity index is 2.26. The molecule has 1 saturated heterocycles. The van der Waals surface area contributed by atoms with Crippen molar-refractivity contribution in [2.75, 3.05) is 5.08 Å². The quantitative estimate of drug-likeness (QED) is 0.610. The molecule has 0 aromatic heterocycles. The molecule has 0 N–H and O–H groups in total. The lowest BCUT2D eigenvalue weighted by atomic mass is 9.96. The second-order valence-electron chi connectivity index (χ2n) is 4.49. The highest BCUT2D eigenvalue weighted by atomic mass is 32.3. The second kappa shape index (κ2) is 4.83. The largest absolute Gasteiger partial charge is 0.284 e. The summed E-state index contributed by atoms with van der Waals surface area (Å²) < 4.78 is 55.7. The van der Waals surface area contributed by atoms with Crippen LogP contribution in [0.1, 0.15) is 38.5 Å². The van der Waals surface area contributed by atoms with Gasteiger partial charge in [0.25, 0.3) is 20.2 Å². The molecule has 2 aliphatic rings. The maximum absolute atomic E-state index is 11.5. The van der Waals surface area contributed by atoms with Crippen LogP contribution in [-0.2, 0) is 28.6 Å². The summed E-state index contributed by atoms with van der Waals surface area (Å²) in [7, 11) is -8.08. The molecule has 0 spiro atoms. The monoisotopic (exact) mass is 284 g/mol. The Labute approximate surface area is 102 Å². The van der Waals surface area contributed by atoms with Gasteiger partial charge in [-0.1, -0.05) is 25.7 Å². The third-order valence-corrected chi connectivity index (χ3v) is 6.36. The summed E-state index contributed by atoms with van der Waals surface area (Å²) in [6, 6.07) is 0. The number of hydrogen-bond donors (Lipinski definition) is 0. The van der Waals surface area contributed by atoms with E-state index in [1.807, 2.05) is 0 Å². The number of hydrogen-bond acceptors (Lipinski definition) is 6. The Morgan fingerprint density at radius 1 is 0.706 bits per heavy atom. The highest BCUT2D eigenvalue weighted by molar-refractivity contribution is 8.03. The summed E-state index contributed by atoms with van der Waals surface area (Å²) in [5.74, 6) is 0. The van der Waals surface area contributed by atoms with Crippen LogP contribution >= 0.6 is 0 Å². The van der Waals surface area contributed by atoms with Crippen molar-refractivity contribution in [3.63, 3.8) is 0 Å². The maximum Gasteiger partial charge on any atom is 0.284 e. The first-order chi connectivity index (χ1) is 7.88. The van der Waals surface area contributed by atoms with Crippen molar-refractivity contribution in [1.82, 2.24) is 0 Å². The molecule has 1 heterocycles. The molecule has 8 heteroatoms. The van der Waals surface area contributed by atoms with Crippen LogP contribution in [0, 0.1) is 0 Å². The number of fused-ring (bicyclic) bond motifs is 1. The zero-order valence-electron chi connectivity index (χ0n) is 9.37. The average Bonchev–Trinajstić information content (AvgIpc) is 2.21. The van der Waals surface area contributed by atoms with Gasteiger partial charge in [-0.15, -0.1) is 0 Å². The van der Waals surface area contributed by atoms with Crippen molar-refractivity contribution in [3.8, 4) is 0 Å². The lowest BCUT2D eigenvalue weighted by Gasteiger charge is -2.24. The van der Waals surface area contributed by atoms with Gasteiger partial charge in [0.15, 0.2) is 0 Å². The molecule has 1 saturated carbocycles. The van der Waals surface area contributed by atoms with Crippen LogP contribution in [0.3, 0.4) is 0 Å². The van der Waals surface area contributed by atoms with Crippen molar-refractivity contribution in [1.29, 1.82) is 0 Å². The lowest BCUT2D eigenvalue weighted by Crippen LogP contribution is -2.32. The molecule has 0 radical (unpaired) electrons. The molecule has 6 nitrogen and oxygen atoms in total. The van der Waals surface area contributed by atoms with Gasteiger partial charge in [0, 0.05) is 0 Å². The molecule has 0 aromatic carbocycles. The first-order valence-corrected chi connectivity index (χ1v) is 8.85. The summed E-state index contributed by atoms with van der Waals surface area (Å²) >= 11 is 0. The van der Waals surface area contributed by atoms with Crippen molar-refractivity contribution in [3.05, 3.63) is 0 Å². The zero-order valence-corrected chi connectivity index (χ0v) is 11.0. The van der Waals surface area contributed by atoms with E-state index in [9.17, 15) is 16.8 Å². The standard InChI is InChI=1S/C9H16O6S2/c10-16(11)7-17(12,13)15-9-6-4-2-1-3-5-8(9)14-16/h8-9H,1-7H2. The van der Waals surface area contributed by atoms with Crippen molar-refractivity contribution >= 4 is 20.2 Å². The van der Waals surface area contributed by atoms with E-state index in [1.165, 1.54) is 0 Å². The van der Waals surface area contributed by atoms with Crippen LogP contribution < -0.4 is 0 Å². The SMILES string of the molecule is O=S1(=O)CS(=O)(=O)OC2CCCCCCC2O1. The van der Waals surface area contributed by atoms with E-state index in [4.69, 9.17) is 8.37 Å². The van der Waals surface area contributed by atoms with Crippen molar-refractivity contribution < 1.29 is 25.2 Å². The minimum Gasteiger partial charge on any atom is -0.263 e. The van der Waals surface area contributed by atoms with Crippen LogP contribution in [0.2, 0.25) is 0 Å². The molecular weight excluding hydrogens is 268 g/mol. The molecular formula is C9H16O6S2. The molecule has 2 fully saturated rings. The Bertz CT molecular complexity index is 422. The molecule has 1 aliphatic carbocycles. The first kappa shape index (κ1) is 13.3. The van der Waals surface area contributed by atoms with Crippen LogP contribution in [-0.4, -0.2) is 34.1 Å². The predicted molar refractivity (Wildman–Crippen MR) is 60.2 cm³/mol. The van der Waals surface area contributed by atoms with E-state index in [1.54, 1.807) is 0 Å². The normalized spacial score (nSPS) is 37.2. The average molecular weight is 284 g/mol. The first-order valence-electron chi connectivity index (χ1n) is 5.70. The highest BCUT2D eigenvalue weighted by Crippen LogP contribution is 2.28. The summed E-state index contributed by atoms with van der Waals surface area (Å²) in [5.41, 5.74) is 0. The molecule has 1 aliphatic heterocycles. The van der Waals surface area contributed by atoms with Crippen LogP contribution in [0.5, 0.6) is 0 Å². The molecule has 2 unspecified atom stereocenters. The van der Waals surface area contributed by atoms with Gasteiger partial charge >= 0.3 is 0 Å². The fourth-order valence-electron chi connectivity index (χ4n) is 2.25. The lowest BCUT2D eigenvalue weighted by molar-refractivity contribution is 0.0499. The fraction of sp³-hybridized carbons (Fsp3) is 1.00. The van der Waals surface area contributed by atoms with Crippen LogP contribution in [0.15, 0.2) is 0 Å². The third-order valence-electron chi connectivity index (χ3n) is 2.97. The summed E-state index contributed by atoms with van der Waals surface area (Å²) in [5, 5.41) is -1.08. The van der Waals surface area contributed by atoms with Crippen molar-refractivity contribution in [2.45, 2.75) is 50.7 Å². The minimum atomic E-state index is -4.04. The van der Waals surface area contributed by atoms with E-state index < -0.39 is 37.5 Å². The Kier molecular flexibility index (Phi) is 3.77. The molecule has 0 aromatic rings. The van der Waals surface area contributed by atoms with E-state index in [-0.39, 0.29) is 0 Å². The van der Waals surface area contributed by atoms with Crippen LogP contribution in [0.4, 0.5) is 0 Å². The molecule has 2 rings (SSSR count). The van der Waals surface area contributed by atoms with E-state index in [0.717, 1.165) is 25.7 Å². The topological polar surface area (TPSA) is 86.7 Å².